The van der Waals surface area contributed by atoms with Crippen LogP contribution < -0.4 is 4.74 Å². The van der Waals surface area contributed by atoms with E-state index in [4.69, 9.17) is 4.74 Å². The lowest BCUT2D eigenvalue weighted by atomic mass is 9.52. The topological polar surface area (TPSA) is 17.4 Å². The second kappa shape index (κ2) is 6.38. The molecular formula is C27H34N2O. The Kier molecular flexibility index (Phi) is 3.81. The molecule has 5 saturated carbocycles. The molecular weight excluding hydrogens is 368 g/mol. The predicted octanol–water partition coefficient (Wildman–Crippen LogP) is 5.83. The first-order chi connectivity index (χ1) is 14.7. The quantitative estimate of drug-likeness (QED) is 0.640. The van der Waals surface area contributed by atoms with Crippen molar-refractivity contribution in [1.82, 2.24) is 9.47 Å². The normalized spacial score (nSPS) is 34.9. The maximum Gasteiger partial charge on any atom is 0.118 e. The number of fused-ring (bicyclic) bond motifs is 1. The van der Waals surface area contributed by atoms with Crippen molar-refractivity contribution in [1.29, 1.82) is 0 Å². The van der Waals surface area contributed by atoms with Crippen LogP contribution in [0.2, 0.25) is 0 Å². The Balaban J connectivity index is 1.23. The van der Waals surface area contributed by atoms with E-state index in [1.807, 2.05) is 0 Å². The number of hydrogen-bond acceptors (Lipinski definition) is 2. The van der Waals surface area contributed by atoms with Gasteiger partial charge >= 0.3 is 0 Å². The number of nitrogens with zero attached hydrogens (tertiary/aromatic N) is 2. The Bertz CT molecular complexity index is 932. The molecule has 3 heteroatoms. The second-order valence-electron chi connectivity index (χ2n) is 11.2. The maximum absolute atomic E-state index is 5.40. The minimum atomic E-state index is 0.532. The monoisotopic (exact) mass is 402 g/mol. The average Bonchev–Trinajstić information content (AvgIpc) is 3.52. The van der Waals surface area contributed by atoms with Crippen molar-refractivity contribution in [2.75, 3.05) is 13.7 Å². The molecule has 0 unspecified atom stereocenters. The summed E-state index contributed by atoms with van der Waals surface area (Å²) in [4.78, 5) is 2.95. The van der Waals surface area contributed by atoms with Gasteiger partial charge in [0.2, 0.25) is 0 Å². The van der Waals surface area contributed by atoms with E-state index >= 15 is 0 Å². The van der Waals surface area contributed by atoms with E-state index in [1.165, 1.54) is 82.1 Å². The van der Waals surface area contributed by atoms with Gasteiger partial charge in [-0.3, -0.25) is 4.90 Å². The van der Waals surface area contributed by atoms with Crippen LogP contribution in [0.5, 0.6) is 5.75 Å². The summed E-state index contributed by atoms with van der Waals surface area (Å²) in [6.45, 7) is 3.62. The van der Waals surface area contributed by atoms with Gasteiger partial charge < -0.3 is 9.30 Å². The van der Waals surface area contributed by atoms with E-state index in [9.17, 15) is 0 Å². The first-order valence-electron chi connectivity index (χ1n) is 12.3. The van der Waals surface area contributed by atoms with Crippen molar-refractivity contribution in [3.8, 4) is 16.9 Å². The van der Waals surface area contributed by atoms with E-state index in [0.717, 1.165) is 29.4 Å². The molecule has 30 heavy (non-hydrogen) atoms. The lowest BCUT2D eigenvalue weighted by Gasteiger charge is -2.61. The highest BCUT2D eigenvalue weighted by Crippen LogP contribution is 2.58. The van der Waals surface area contributed by atoms with Crippen molar-refractivity contribution < 1.29 is 4.74 Å². The van der Waals surface area contributed by atoms with Crippen LogP contribution in [-0.4, -0.2) is 28.7 Å². The highest BCUT2D eigenvalue weighted by Gasteiger charge is 2.54. The zero-order valence-corrected chi connectivity index (χ0v) is 18.3. The van der Waals surface area contributed by atoms with Gasteiger partial charge in [-0.2, -0.15) is 0 Å². The average molecular weight is 403 g/mol. The zero-order valence-electron chi connectivity index (χ0n) is 18.3. The van der Waals surface area contributed by atoms with Crippen LogP contribution in [0, 0.1) is 17.8 Å². The number of rotatable bonds is 4. The fourth-order valence-electron chi connectivity index (χ4n) is 8.16. The lowest BCUT2D eigenvalue weighted by molar-refractivity contribution is -0.0978. The highest BCUT2D eigenvalue weighted by molar-refractivity contribution is 5.69. The highest BCUT2D eigenvalue weighted by atomic mass is 16.5. The summed E-state index contributed by atoms with van der Waals surface area (Å²) in [6.07, 6.45) is 11.8. The van der Waals surface area contributed by atoms with E-state index in [2.05, 4.69) is 39.8 Å². The summed E-state index contributed by atoms with van der Waals surface area (Å²) in [6, 6.07) is 11.3. The van der Waals surface area contributed by atoms with Crippen molar-refractivity contribution in [2.45, 2.75) is 75.9 Å². The Morgan fingerprint density at radius 3 is 2.17 bits per heavy atom. The van der Waals surface area contributed by atoms with Crippen LogP contribution in [0.3, 0.4) is 0 Å². The minimum Gasteiger partial charge on any atom is -0.497 e. The molecule has 6 aliphatic rings. The van der Waals surface area contributed by atoms with Gasteiger partial charge in [0.1, 0.15) is 5.75 Å². The fourth-order valence-corrected chi connectivity index (χ4v) is 8.16. The second-order valence-corrected chi connectivity index (χ2v) is 11.2. The molecule has 5 aliphatic carbocycles. The van der Waals surface area contributed by atoms with Crippen molar-refractivity contribution in [3.63, 3.8) is 0 Å². The zero-order chi connectivity index (χ0) is 19.9. The summed E-state index contributed by atoms with van der Waals surface area (Å²) >= 11 is 0. The molecule has 0 atom stereocenters. The van der Waals surface area contributed by atoms with Crippen LogP contribution in [0.15, 0.2) is 30.3 Å². The third-order valence-corrected chi connectivity index (χ3v) is 9.21. The van der Waals surface area contributed by atoms with E-state index in [0.29, 0.717) is 5.54 Å². The molecule has 5 fully saturated rings. The minimum absolute atomic E-state index is 0.532. The number of aromatic nitrogens is 1. The van der Waals surface area contributed by atoms with Gasteiger partial charge in [0.15, 0.2) is 0 Å². The standard InChI is InChI=1S/C27H34N2O/c1-30-24-6-4-21(5-7-24)25-13-23-17-28(8-9-29(23)26(25)22-2-3-22)27-14-18-10-19(15-27)12-20(11-18)16-27/h4-7,13,18-20,22H,2-3,8-12,14-17H2,1H3. The van der Waals surface area contributed by atoms with Gasteiger partial charge in [-0.05, 0) is 98.8 Å². The molecule has 0 amide bonds. The van der Waals surface area contributed by atoms with Crippen LogP contribution >= 0.6 is 0 Å². The molecule has 1 aromatic carbocycles. The Labute approximate surface area is 180 Å². The SMILES string of the molecule is COc1ccc(-c2cc3n(c2C2CC2)CCN(C24CC5CC(CC(C5)C2)C4)C3)cc1. The summed E-state index contributed by atoms with van der Waals surface area (Å²) in [7, 11) is 1.75. The van der Waals surface area contributed by atoms with Gasteiger partial charge in [-0.15, -0.1) is 0 Å². The van der Waals surface area contributed by atoms with Gasteiger partial charge in [0.05, 0.1) is 7.11 Å². The third kappa shape index (κ3) is 2.67. The molecule has 1 aromatic heterocycles. The number of benzene rings is 1. The molecule has 4 bridgehead atoms. The van der Waals surface area contributed by atoms with E-state index in [-0.39, 0.29) is 0 Å². The van der Waals surface area contributed by atoms with Crippen molar-refractivity contribution in [3.05, 3.63) is 41.7 Å². The van der Waals surface area contributed by atoms with Crippen LogP contribution in [0.4, 0.5) is 0 Å². The van der Waals surface area contributed by atoms with E-state index < -0.39 is 0 Å². The lowest BCUT2D eigenvalue weighted by Crippen LogP contribution is -2.61. The molecule has 0 radical (unpaired) electrons. The van der Waals surface area contributed by atoms with Crippen molar-refractivity contribution >= 4 is 0 Å². The van der Waals surface area contributed by atoms with Gasteiger partial charge in [0.25, 0.3) is 0 Å². The van der Waals surface area contributed by atoms with Gasteiger partial charge in [-0.1, -0.05) is 12.1 Å². The first-order valence-corrected chi connectivity index (χ1v) is 12.3. The summed E-state index contributed by atoms with van der Waals surface area (Å²) in [5.41, 5.74) is 6.58. The number of hydrogen-bond donors (Lipinski definition) is 0. The molecule has 0 N–H and O–H groups in total. The molecule has 8 rings (SSSR count). The molecule has 2 heterocycles. The smallest absolute Gasteiger partial charge is 0.118 e. The van der Waals surface area contributed by atoms with Crippen LogP contribution in [0.25, 0.3) is 11.1 Å². The first kappa shape index (κ1) is 17.9. The van der Waals surface area contributed by atoms with Gasteiger partial charge in [-0.25, -0.2) is 0 Å². The number of methoxy groups -OCH3 is 1. The molecule has 2 aromatic rings. The summed E-state index contributed by atoms with van der Waals surface area (Å²) in [5, 5.41) is 0. The molecule has 1 aliphatic heterocycles. The van der Waals surface area contributed by atoms with Crippen molar-refractivity contribution in [2.24, 2.45) is 17.8 Å². The molecule has 0 spiro atoms. The predicted molar refractivity (Wildman–Crippen MR) is 120 cm³/mol. The third-order valence-electron chi connectivity index (χ3n) is 9.21. The maximum atomic E-state index is 5.40. The largest absolute Gasteiger partial charge is 0.497 e. The fraction of sp³-hybridized carbons (Fsp3) is 0.630. The Morgan fingerprint density at radius 2 is 1.57 bits per heavy atom. The molecule has 0 saturated heterocycles. The Hall–Kier alpha value is -1.74. The van der Waals surface area contributed by atoms with Gasteiger partial charge in [0, 0.05) is 42.1 Å². The van der Waals surface area contributed by atoms with E-state index in [1.54, 1.807) is 18.5 Å². The van der Waals surface area contributed by atoms with Crippen LogP contribution in [-0.2, 0) is 13.1 Å². The Morgan fingerprint density at radius 1 is 0.900 bits per heavy atom. The number of ether oxygens (including phenoxy) is 1. The van der Waals surface area contributed by atoms with Crippen LogP contribution in [0.1, 0.15) is 68.7 Å². The molecule has 158 valence electrons. The summed E-state index contributed by atoms with van der Waals surface area (Å²) < 4.78 is 8.11. The molecule has 3 nitrogen and oxygen atoms in total. The summed E-state index contributed by atoms with van der Waals surface area (Å²) in [5.74, 6) is 4.82.